The minimum Gasteiger partial charge on any atom is -0.493 e. The topological polar surface area (TPSA) is 86.2 Å². The van der Waals surface area contributed by atoms with Crippen molar-refractivity contribution < 1.29 is 18.9 Å². The molecule has 0 saturated carbocycles. The first kappa shape index (κ1) is 22.7. The van der Waals surface area contributed by atoms with E-state index < -0.39 is 0 Å². The number of ether oxygens (including phenoxy) is 4. The molecule has 0 aliphatic rings. The standard InChI is InChI=1S/C24H28N4O4/c1-25-24(28-19-10-11-21(29-2)22(15-19)30-3)27-17-18-9-12-23(26-16-18)32-14-13-31-20-7-5-4-6-8-20/h4-12,15-16H,13-14,17H2,1-3H3,(H2,25,27,28). The van der Waals surface area contributed by atoms with Gasteiger partial charge in [-0.25, -0.2) is 4.98 Å². The molecule has 0 bridgehead atoms. The second-order valence-corrected chi connectivity index (χ2v) is 6.64. The molecule has 0 radical (unpaired) electrons. The zero-order valence-corrected chi connectivity index (χ0v) is 18.5. The van der Waals surface area contributed by atoms with Crippen LogP contribution in [-0.2, 0) is 6.54 Å². The van der Waals surface area contributed by atoms with Crippen molar-refractivity contribution in [2.75, 3.05) is 39.8 Å². The zero-order chi connectivity index (χ0) is 22.6. The monoisotopic (exact) mass is 436 g/mol. The van der Waals surface area contributed by atoms with E-state index in [1.54, 1.807) is 27.5 Å². The summed E-state index contributed by atoms with van der Waals surface area (Å²) in [5.41, 5.74) is 1.82. The van der Waals surface area contributed by atoms with Gasteiger partial charge in [-0.15, -0.1) is 0 Å². The van der Waals surface area contributed by atoms with Gasteiger partial charge < -0.3 is 29.6 Å². The second-order valence-electron chi connectivity index (χ2n) is 6.64. The van der Waals surface area contributed by atoms with Crippen LogP contribution in [0.5, 0.6) is 23.1 Å². The Morgan fingerprint density at radius 2 is 1.69 bits per heavy atom. The predicted octanol–water partition coefficient (Wildman–Crippen LogP) is 3.74. The summed E-state index contributed by atoms with van der Waals surface area (Å²) in [6.07, 6.45) is 1.77. The fraction of sp³-hybridized carbons (Fsp3) is 0.250. The van der Waals surface area contributed by atoms with Gasteiger partial charge in [0.2, 0.25) is 5.88 Å². The Labute approximate surface area is 188 Å². The molecule has 8 heteroatoms. The van der Waals surface area contributed by atoms with Crippen LogP contribution in [-0.4, -0.2) is 45.4 Å². The summed E-state index contributed by atoms with van der Waals surface area (Å²) >= 11 is 0. The van der Waals surface area contributed by atoms with Gasteiger partial charge >= 0.3 is 0 Å². The van der Waals surface area contributed by atoms with Crippen molar-refractivity contribution in [3.05, 3.63) is 72.4 Å². The van der Waals surface area contributed by atoms with Crippen molar-refractivity contribution in [2.24, 2.45) is 4.99 Å². The Bertz CT molecular complexity index is 995. The smallest absolute Gasteiger partial charge is 0.213 e. The van der Waals surface area contributed by atoms with Crippen molar-refractivity contribution in [1.82, 2.24) is 10.3 Å². The molecule has 2 N–H and O–H groups in total. The molecule has 1 aromatic heterocycles. The highest BCUT2D eigenvalue weighted by Crippen LogP contribution is 2.29. The molecule has 0 aliphatic carbocycles. The molecule has 8 nitrogen and oxygen atoms in total. The van der Waals surface area contributed by atoms with Gasteiger partial charge in [-0.3, -0.25) is 4.99 Å². The highest BCUT2D eigenvalue weighted by molar-refractivity contribution is 5.93. The number of aliphatic imine (C=N–C) groups is 1. The maximum atomic E-state index is 5.63. The van der Waals surface area contributed by atoms with Crippen LogP contribution in [0.15, 0.2) is 71.9 Å². The van der Waals surface area contributed by atoms with E-state index in [0.29, 0.717) is 43.1 Å². The van der Waals surface area contributed by atoms with Crippen LogP contribution in [0.3, 0.4) is 0 Å². The number of benzene rings is 2. The minimum absolute atomic E-state index is 0.418. The van der Waals surface area contributed by atoms with E-state index in [9.17, 15) is 0 Å². The van der Waals surface area contributed by atoms with E-state index in [2.05, 4.69) is 20.6 Å². The summed E-state index contributed by atoms with van der Waals surface area (Å²) in [6, 6.07) is 19.0. The SMILES string of the molecule is CN=C(NCc1ccc(OCCOc2ccccc2)nc1)Nc1ccc(OC)c(OC)c1. The molecular weight excluding hydrogens is 408 g/mol. The van der Waals surface area contributed by atoms with Gasteiger partial charge in [0.15, 0.2) is 17.5 Å². The summed E-state index contributed by atoms with van der Waals surface area (Å²) in [7, 11) is 4.92. The predicted molar refractivity (Wildman–Crippen MR) is 125 cm³/mol. The van der Waals surface area contributed by atoms with Crippen LogP contribution >= 0.6 is 0 Å². The number of nitrogens with one attached hydrogen (secondary N) is 2. The molecule has 168 valence electrons. The lowest BCUT2D eigenvalue weighted by Gasteiger charge is -2.14. The highest BCUT2D eigenvalue weighted by atomic mass is 16.5. The normalized spacial score (nSPS) is 10.9. The van der Waals surface area contributed by atoms with Gasteiger partial charge in [-0.05, 0) is 29.8 Å². The summed E-state index contributed by atoms with van der Waals surface area (Å²) in [6.45, 7) is 1.42. The maximum Gasteiger partial charge on any atom is 0.213 e. The fourth-order valence-electron chi connectivity index (χ4n) is 2.84. The third-order valence-corrected chi connectivity index (χ3v) is 4.47. The highest BCUT2D eigenvalue weighted by Gasteiger charge is 2.06. The minimum atomic E-state index is 0.418. The molecule has 0 spiro atoms. The molecule has 0 aliphatic heterocycles. The second kappa shape index (κ2) is 12.0. The van der Waals surface area contributed by atoms with Gasteiger partial charge in [0.05, 0.1) is 14.2 Å². The average Bonchev–Trinajstić information content (AvgIpc) is 2.85. The molecule has 3 aromatic rings. The molecule has 0 atom stereocenters. The van der Waals surface area contributed by atoms with Crippen LogP contribution in [0, 0.1) is 0 Å². The Morgan fingerprint density at radius 1 is 0.906 bits per heavy atom. The number of methoxy groups -OCH3 is 2. The lowest BCUT2D eigenvalue weighted by atomic mass is 10.2. The number of para-hydroxylation sites is 1. The van der Waals surface area contributed by atoms with E-state index in [0.717, 1.165) is 17.0 Å². The molecule has 3 rings (SSSR count). The summed E-state index contributed by atoms with van der Waals surface area (Å²) in [4.78, 5) is 8.60. The Hall–Kier alpha value is -3.94. The van der Waals surface area contributed by atoms with Gasteiger partial charge in [0.1, 0.15) is 19.0 Å². The van der Waals surface area contributed by atoms with Crippen molar-refractivity contribution in [3.8, 4) is 23.1 Å². The molecule has 0 saturated heterocycles. The Balaban J connectivity index is 1.44. The third-order valence-electron chi connectivity index (χ3n) is 4.47. The third kappa shape index (κ3) is 6.80. The molecule has 1 heterocycles. The van der Waals surface area contributed by atoms with Crippen molar-refractivity contribution >= 4 is 11.6 Å². The first-order chi connectivity index (χ1) is 15.7. The molecular formula is C24H28N4O4. The van der Waals surface area contributed by atoms with Gasteiger partial charge in [-0.2, -0.15) is 0 Å². The summed E-state index contributed by atoms with van der Waals surface area (Å²) in [5.74, 6) is 3.30. The van der Waals surface area contributed by atoms with E-state index in [-0.39, 0.29) is 0 Å². The van der Waals surface area contributed by atoms with E-state index in [4.69, 9.17) is 18.9 Å². The molecule has 0 amide bonds. The first-order valence-corrected chi connectivity index (χ1v) is 10.2. The lowest BCUT2D eigenvalue weighted by molar-refractivity contribution is 0.212. The lowest BCUT2D eigenvalue weighted by Crippen LogP contribution is -2.30. The number of aromatic nitrogens is 1. The Kier molecular flexibility index (Phi) is 8.56. The number of rotatable bonds is 10. The summed E-state index contributed by atoms with van der Waals surface area (Å²) in [5, 5.41) is 6.48. The number of hydrogen-bond acceptors (Lipinski definition) is 6. The first-order valence-electron chi connectivity index (χ1n) is 10.2. The van der Waals surface area contributed by atoms with E-state index in [1.807, 2.05) is 60.7 Å². The largest absolute Gasteiger partial charge is 0.493 e. The fourth-order valence-corrected chi connectivity index (χ4v) is 2.84. The van der Waals surface area contributed by atoms with Crippen molar-refractivity contribution in [2.45, 2.75) is 6.54 Å². The molecule has 2 aromatic carbocycles. The van der Waals surface area contributed by atoms with Gasteiger partial charge in [0, 0.05) is 37.6 Å². The molecule has 0 unspecified atom stereocenters. The maximum absolute atomic E-state index is 5.63. The zero-order valence-electron chi connectivity index (χ0n) is 18.5. The number of pyridine rings is 1. The summed E-state index contributed by atoms with van der Waals surface area (Å²) < 4.78 is 21.8. The quantitative estimate of drug-likeness (QED) is 0.284. The number of guanidine groups is 1. The number of nitrogens with zero attached hydrogens (tertiary/aromatic N) is 2. The number of hydrogen-bond donors (Lipinski definition) is 2. The molecule has 0 fully saturated rings. The number of anilines is 1. The van der Waals surface area contributed by atoms with Crippen LogP contribution < -0.4 is 29.6 Å². The van der Waals surface area contributed by atoms with Crippen molar-refractivity contribution in [1.29, 1.82) is 0 Å². The van der Waals surface area contributed by atoms with Crippen LogP contribution in [0.1, 0.15) is 5.56 Å². The van der Waals surface area contributed by atoms with Crippen LogP contribution in [0.2, 0.25) is 0 Å². The Morgan fingerprint density at radius 3 is 2.38 bits per heavy atom. The van der Waals surface area contributed by atoms with Gasteiger partial charge in [0.25, 0.3) is 0 Å². The van der Waals surface area contributed by atoms with E-state index >= 15 is 0 Å². The van der Waals surface area contributed by atoms with Gasteiger partial charge in [-0.1, -0.05) is 24.3 Å². The van der Waals surface area contributed by atoms with Crippen LogP contribution in [0.25, 0.3) is 0 Å². The van der Waals surface area contributed by atoms with Crippen LogP contribution in [0.4, 0.5) is 5.69 Å². The van der Waals surface area contributed by atoms with Crippen molar-refractivity contribution in [3.63, 3.8) is 0 Å². The average molecular weight is 437 g/mol. The molecule has 32 heavy (non-hydrogen) atoms. The van der Waals surface area contributed by atoms with E-state index in [1.165, 1.54) is 0 Å².